The van der Waals surface area contributed by atoms with E-state index in [2.05, 4.69) is 48.3 Å². The molecular weight excluding hydrogens is 1730 g/mol. The van der Waals surface area contributed by atoms with E-state index in [-0.39, 0.29) is 88.7 Å². The Balaban J connectivity index is 0.000000141. The van der Waals surface area contributed by atoms with Crippen LogP contribution < -0.4 is 66.2 Å². The van der Waals surface area contributed by atoms with Crippen LogP contribution in [0, 0.1) is 0 Å². The van der Waals surface area contributed by atoms with Gasteiger partial charge in [0.1, 0.15) is 46.1 Å². The molecule has 42 heteroatoms. The first kappa shape index (κ1) is 86.1. The van der Waals surface area contributed by atoms with E-state index < -0.39 is 86.3 Å². The summed E-state index contributed by atoms with van der Waals surface area (Å²) in [4.78, 5) is 62.9. The van der Waals surface area contributed by atoms with Crippen molar-refractivity contribution in [1.29, 1.82) is 0 Å². The van der Waals surface area contributed by atoms with Gasteiger partial charge in [-0.05, 0) is 121 Å². The van der Waals surface area contributed by atoms with Crippen molar-refractivity contribution in [2.24, 2.45) is 0 Å². The van der Waals surface area contributed by atoms with Gasteiger partial charge in [0.05, 0.1) is 102 Å². The molecule has 0 amide bonds. The van der Waals surface area contributed by atoms with Gasteiger partial charge < -0.3 is 28.4 Å². The lowest BCUT2D eigenvalue weighted by Gasteiger charge is -2.14. The maximum atomic E-state index is 13.0. The summed E-state index contributed by atoms with van der Waals surface area (Å²) in [5.41, 5.74) is 2.49. The van der Waals surface area contributed by atoms with Gasteiger partial charge in [-0.3, -0.25) is 76.9 Å². The highest BCUT2D eigenvalue weighted by atomic mass is 35.5. The zero-order valence-electron chi connectivity index (χ0n) is 62.1. The maximum absolute atomic E-state index is 13.0. The van der Waals surface area contributed by atoms with Crippen LogP contribution in [0.1, 0.15) is 45.0 Å². The van der Waals surface area contributed by atoms with Crippen molar-refractivity contribution >= 4 is 133 Å². The summed E-state index contributed by atoms with van der Waals surface area (Å²) < 4.78 is 229. The SMILES string of the molecule is O=C1Cc2nccc(Oc3cccc(NS(=O)(=O)Nc4ccc(Cl)c(C(F)(F)F)c4)c3)c2C1.O=C1Cc2nccc(Oc3cccc(NS(=O)(=O)Nc4ccc(Cl)c(C(F)(F)F)c4)c3)c2O1.O=C1Cc2nccc(Oc3cccc(NS(=O)(=O)Nc4ccccc4)c3)c2C1.O=C1Cc2nccc(Oc3cccc(NS(=O)(=O)Nc4ccccc4)c3)c2O1. The van der Waals surface area contributed by atoms with Gasteiger partial charge in [-0.2, -0.15) is 60.0 Å². The summed E-state index contributed by atoms with van der Waals surface area (Å²) in [5.74, 6) is 2.57. The van der Waals surface area contributed by atoms with Crippen molar-refractivity contribution in [1.82, 2.24) is 19.9 Å². The highest BCUT2D eigenvalue weighted by Gasteiger charge is 2.36. The Bertz CT molecular complexity index is 6130. The average Bonchev–Trinajstić information content (AvgIpc) is 1.79. The van der Waals surface area contributed by atoms with Crippen LogP contribution >= 0.6 is 23.2 Å². The Kier molecular flexibility index (Phi) is 25.7. The zero-order valence-corrected chi connectivity index (χ0v) is 66.9. The molecule has 4 aliphatic rings. The molecule has 30 nitrogen and oxygen atoms in total. The Morgan fingerprint density at radius 1 is 0.303 bits per heavy atom. The number of ether oxygens (including phenoxy) is 6. The number of fused-ring (bicyclic) bond motifs is 4. The number of esters is 2. The smallest absolute Gasteiger partial charge is 0.417 e. The summed E-state index contributed by atoms with van der Waals surface area (Å²) in [7, 11) is -16.2. The summed E-state index contributed by atoms with van der Waals surface area (Å²) in [6.45, 7) is 0. The molecule has 0 spiro atoms. The third kappa shape index (κ3) is 23.4. The third-order valence-electron chi connectivity index (χ3n) is 17.0. The Morgan fingerprint density at radius 3 is 0.885 bits per heavy atom. The van der Waals surface area contributed by atoms with Gasteiger partial charge in [-0.1, -0.05) is 83.9 Å². The zero-order chi connectivity index (χ0) is 86.7. The lowest BCUT2D eigenvalue weighted by atomic mass is 10.2. The van der Waals surface area contributed by atoms with Gasteiger partial charge in [-0.25, -0.2) is 0 Å². The number of para-hydroxylation sites is 2. The minimum atomic E-state index is -4.75. The van der Waals surface area contributed by atoms with Crippen molar-refractivity contribution in [3.63, 3.8) is 0 Å². The van der Waals surface area contributed by atoms with Crippen LogP contribution in [-0.4, -0.2) is 77.1 Å². The minimum absolute atomic E-state index is 0.0127. The fourth-order valence-corrected chi connectivity index (χ4v) is 16.1. The van der Waals surface area contributed by atoms with E-state index in [1.807, 2.05) is 9.44 Å². The number of carbonyl (C=O) groups excluding carboxylic acids is 4. The van der Waals surface area contributed by atoms with Crippen molar-refractivity contribution in [2.45, 2.75) is 50.9 Å². The number of anilines is 8. The van der Waals surface area contributed by atoms with Crippen LogP contribution in [0.25, 0.3) is 0 Å². The number of Topliss-reactive ketones (excluding diaryl/α,β-unsaturated/α-hetero) is 2. The number of benzene rings is 8. The number of pyridine rings is 4. The molecule has 628 valence electrons. The molecule has 0 saturated heterocycles. The molecule has 6 heterocycles. The number of aromatic nitrogens is 4. The van der Waals surface area contributed by atoms with Crippen LogP contribution in [0.15, 0.2) is 243 Å². The molecule has 0 saturated carbocycles. The van der Waals surface area contributed by atoms with Crippen molar-refractivity contribution < 1.29 is 108 Å². The van der Waals surface area contributed by atoms with Crippen LogP contribution in [0.4, 0.5) is 71.8 Å². The molecule has 8 aromatic carbocycles. The quantitative estimate of drug-likeness (QED) is 0.0206. The molecule has 16 rings (SSSR count). The Labute approximate surface area is 700 Å². The number of alkyl halides is 6. The Morgan fingerprint density at radius 2 is 0.574 bits per heavy atom. The Hall–Kier alpha value is -13.8. The van der Waals surface area contributed by atoms with E-state index in [9.17, 15) is 79.2 Å². The first-order chi connectivity index (χ1) is 58.0. The molecule has 4 aromatic heterocycles. The average molecular weight is 1790 g/mol. The number of rotatable bonds is 24. The number of nitrogens with one attached hydrogen (secondary N) is 8. The van der Waals surface area contributed by atoms with Gasteiger partial charge >= 0.3 is 65.1 Å². The first-order valence-electron chi connectivity index (χ1n) is 35.5. The second-order valence-electron chi connectivity index (χ2n) is 26.2. The third-order valence-corrected chi connectivity index (χ3v) is 21.7. The van der Waals surface area contributed by atoms with Gasteiger partial charge in [-0.15, -0.1) is 0 Å². The maximum Gasteiger partial charge on any atom is 0.417 e. The molecular formula is C80H60Cl2F6N12O18S4. The molecule has 2 aliphatic heterocycles. The van der Waals surface area contributed by atoms with Crippen LogP contribution in [0.3, 0.4) is 0 Å². The summed E-state index contributed by atoms with van der Waals surface area (Å²) in [6, 6.07) is 53.5. The van der Waals surface area contributed by atoms with Gasteiger partial charge in [0.2, 0.25) is 0 Å². The molecule has 0 bridgehead atoms. The van der Waals surface area contributed by atoms with E-state index in [0.717, 1.165) is 35.5 Å². The highest BCUT2D eigenvalue weighted by Crippen LogP contribution is 2.43. The summed E-state index contributed by atoms with van der Waals surface area (Å²) in [6.07, 6.45) is -2.25. The molecule has 0 radical (unpaired) electrons. The number of hydrogen-bond donors (Lipinski definition) is 8. The lowest BCUT2D eigenvalue weighted by molar-refractivity contribution is -0.138. The molecule has 0 fully saturated rings. The van der Waals surface area contributed by atoms with E-state index >= 15 is 0 Å². The lowest BCUT2D eigenvalue weighted by Crippen LogP contribution is -2.22. The molecule has 0 atom stereocenters. The van der Waals surface area contributed by atoms with Crippen molar-refractivity contribution in [3.8, 4) is 57.5 Å². The van der Waals surface area contributed by atoms with Gasteiger partial charge in [0.15, 0.2) is 23.0 Å². The fraction of sp³-hybridized carbons (Fsp3) is 0.100. The van der Waals surface area contributed by atoms with E-state index in [0.29, 0.717) is 99.1 Å². The summed E-state index contributed by atoms with van der Waals surface area (Å²) in [5, 5.41) is -1.11. The minimum Gasteiger partial charge on any atom is -0.457 e. The molecule has 12 aromatic rings. The predicted molar refractivity (Wildman–Crippen MR) is 437 cm³/mol. The largest absolute Gasteiger partial charge is 0.457 e. The second kappa shape index (κ2) is 36.4. The second-order valence-corrected chi connectivity index (χ2v) is 32.7. The highest BCUT2D eigenvalue weighted by molar-refractivity contribution is 7.94. The monoisotopic (exact) mass is 1790 g/mol. The predicted octanol–water partition coefficient (Wildman–Crippen LogP) is 16.2. The van der Waals surface area contributed by atoms with E-state index in [1.165, 1.54) is 73.2 Å². The van der Waals surface area contributed by atoms with E-state index in [1.54, 1.807) is 134 Å². The number of carbonyl (C=O) groups is 4. The topological polar surface area (TPSA) is 408 Å². The number of hydrogen-bond acceptors (Lipinski definition) is 22. The van der Waals surface area contributed by atoms with Gasteiger partial charge in [0, 0.05) is 98.0 Å². The standard InChI is InChI=1S/C21H15ClF3N3O4S.C20H13ClF3N3O5S.C20H17N3O4S.C19H15N3O5S/c22-18-5-4-13(9-17(18)21(23,24)25)28-33(30,31)27-12-2-1-3-15(8-12)32-20-6-7-26-19-11-14(29)10-16(19)20;21-15-5-4-12(9-14(15)20(22,23)24)27-33(29,30)26-11-2-1-3-13(8-11)31-17-6-7-25-16-10-18(28)32-19(16)17;24-16-12-18-19(13-16)21-10-9-20(18)27-17-8-4-7-15(11-17)23-28(25,26)22-14-5-2-1-3-6-14;23-18-12-16-19(27-18)17(9-10-20-16)26-15-8-4-7-14(11-15)22-28(24,25)21-13-5-2-1-3-6-13/h1-9,27-28H,10-11H2;1-9,26-27H,10H2;1-11,22-23H,12-13H2;1-11,21-22H,12H2. The normalized spacial score (nSPS) is 13.2. The van der Waals surface area contributed by atoms with E-state index in [4.69, 9.17) is 51.6 Å². The van der Waals surface area contributed by atoms with Gasteiger partial charge in [0.25, 0.3) is 0 Å². The summed E-state index contributed by atoms with van der Waals surface area (Å²) >= 11 is 11.1. The molecule has 122 heavy (non-hydrogen) atoms. The van der Waals surface area contributed by atoms with Crippen LogP contribution in [0.2, 0.25) is 10.0 Å². The van der Waals surface area contributed by atoms with Crippen molar-refractivity contribution in [2.75, 3.05) is 37.8 Å². The fourth-order valence-electron chi connectivity index (χ4n) is 11.9. The van der Waals surface area contributed by atoms with Crippen LogP contribution in [0.5, 0.6) is 57.5 Å². The molecule has 0 unspecified atom stereocenters. The first-order valence-corrected chi connectivity index (χ1v) is 42.2. The van der Waals surface area contributed by atoms with Crippen molar-refractivity contribution in [3.05, 3.63) is 298 Å². The number of nitrogens with zero attached hydrogens (tertiary/aromatic N) is 4. The number of ketones is 2. The van der Waals surface area contributed by atoms with Crippen LogP contribution in [-0.2, 0) is 111 Å². The molecule has 2 aliphatic carbocycles. The molecule has 8 N–H and O–H groups in total. The number of halogens is 8.